The molecule has 0 unspecified atom stereocenters. The van der Waals surface area contributed by atoms with E-state index in [9.17, 15) is 0 Å². The lowest BCUT2D eigenvalue weighted by molar-refractivity contribution is 0.908. The van der Waals surface area contributed by atoms with Crippen molar-refractivity contribution in [3.8, 4) is 124 Å². The van der Waals surface area contributed by atoms with Gasteiger partial charge in [-0.05, 0) is 184 Å². The lowest BCUT2D eigenvalue weighted by Crippen LogP contribution is -2.00. The Morgan fingerprint density at radius 2 is 0.393 bits per heavy atom. The summed E-state index contributed by atoms with van der Waals surface area (Å²) in [4.78, 5) is 46.9. The van der Waals surface area contributed by atoms with Crippen molar-refractivity contribution in [1.29, 1.82) is 0 Å². The van der Waals surface area contributed by atoms with Gasteiger partial charge in [0.2, 0.25) is 0 Å². The number of rotatable bonds is 17. The van der Waals surface area contributed by atoms with Crippen molar-refractivity contribution in [1.82, 2.24) is 72.3 Å². The lowest BCUT2D eigenvalue weighted by Gasteiger charge is -2.13. The molecule has 15 heteroatoms. The number of pyridine rings is 3. The van der Waals surface area contributed by atoms with E-state index >= 15 is 0 Å². The molecule has 0 amide bonds. The maximum Gasteiger partial charge on any atom is 0.145 e. The van der Waals surface area contributed by atoms with Gasteiger partial charge in [-0.25, -0.2) is 44.9 Å². The summed E-state index contributed by atoms with van der Waals surface area (Å²) < 4.78 is 13.6. The molecular weight excluding hydrogens is 1830 g/mol. The van der Waals surface area contributed by atoms with Gasteiger partial charge in [-0.1, -0.05) is 360 Å². The molecule has 0 saturated carbocycles. The average Bonchev–Trinajstić information content (AvgIpc) is 1.55. The molecule has 29 rings (SSSR count). The highest BCUT2D eigenvalue weighted by Crippen LogP contribution is 2.47. The summed E-state index contributed by atoms with van der Waals surface area (Å²) in [5.74, 6) is 5.88. The number of imidazole rings is 6. The highest BCUT2D eigenvalue weighted by atomic mass is 15.1. The minimum absolute atomic E-state index is 0.846. The van der Waals surface area contributed by atoms with Crippen molar-refractivity contribution in [2.45, 2.75) is 40.0 Å². The fraction of sp³-hybridized carbons (Fsp3) is 0.0444. The normalized spacial score (nSPS) is 11.6. The van der Waals surface area contributed by atoms with Crippen molar-refractivity contribution in [2.75, 3.05) is 0 Å². The van der Waals surface area contributed by atoms with Crippen LogP contribution in [0.15, 0.2) is 485 Å². The Labute approximate surface area is 864 Å². The molecule has 0 bridgehead atoms. The molecule has 0 aliphatic heterocycles. The fourth-order valence-corrected chi connectivity index (χ4v) is 22.1. The second-order valence-electron chi connectivity index (χ2n) is 37.8. The van der Waals surface area contributed by atoms with Gasteiger partial charge in [0, 0.05) is 119 Å². The summed E-state index contributed by atoms with van der Waals surface area (Å²) in [7, 11) is 0. The van der Waals surface area contributed by atoms with E-state index in [0.717, 1.165) is 292 Å². The van der Waals surface area contributed by atoms with E-state index in [2.05, 4.69) is 491 Å². The maximum absolute atomic E-state index is 5.43. The van der Waals surface area contributed by atoms with Crippen molar-refractivity contribution in [3.05, 3.63) is 503 Å². The van der Waals surface area contributed by atoms with Gasteiger partial charge >= 0.3 is 0 Å². The Hall–Kier alpha value is -19.8. The molecule has 0 radical (unpaired) electrons. The van der Waals surface area contributed by atoms with Crippen molar-refractivity contribution in [3.63, 3.8) is 0 Å². The van der Waals surface area contributed by atoms with Crippen LogP contribution in [0, 0.1) is 0 Å². The van der Waals surface area contributed by atoms with Crippen LogP contribution in [-0.2, 0) is 19.3 Å². The number of hydrogen-bond acceptors (Lipinski definition) is 9. The van der Waals surface area contributed by atoms with Crippen molar-refractivity contribution < 1.29 is 0 Å². The van der Waals surface area contributed by atoms with Gasteiger partial charge in [0.1, 0.15) is 34.9 Å². The monoisotopic (exact) mass is 1930 g/mol. The van der Waals surface area contributed by atoms with Crippen LogP contribution in [0.2, 0.25) is 0 Å². The predicted molar refractivity (Wildman–Crippen MR) is 617 cm³/mol. The predicted octanol–water partition coefficient (Wildman–Crippen LogP) is 33.2. The molecule has 0 aliphatic rings. The standard InChI is InChI=1S/2C47H33N5.C41H29N5/c1-2-43-48-40-22-11-12-23-41(40)51(43)36-19-13-16-34(30-36)31-24-26-32(27-25-31)45-44-38(37-20-9-10-21-39(37)49-45)28-29-42-46(44)50-47(33-14-5-3-6-15-33)52(42)35-17-7-4-8-18-35;1-2-43-48-40-19-11-12-20-41(40)51(43)36-27-25-32(26-28-36)31-21-23-33(24-22-31)45-44-38(37-17-9-10-18-39(37)49-45)29-30-42-46(44)50-47(34-13-5-3-6-14-34)52(42)35-15-7-4-8-16-35;1-2-37-42-34-19-11-12-20-35(34)45(37)30-23-21-27(22-24-30)39-38-32(31-17-9-10-18-33(31)43-39)25-26-36-40(38)44-41(28-13-5-3-6-14-28)46(36)29-15-7-4-8-16-29/h2*3-30H,2H2,1H3;3-26H,2H2,1H3. The molecule has 15 nitrogen and oxygen atoms in total. The van der Waals surface area contributed by atoms with E-state index in [1.807, 2.05) is 42.5 Å². The van der Waals surface area contributed by atoms with Crippen LogP contribution in [0.25, 0.3) is 256 Å². The summed E-state index contributed by atoms with van der Waals surface area (Å²) in [5.41, 5.74) is 35.5. The summed E-state index contributed by atoms with van der Waals surface area (Å²) >= 11 is 0. The highest BCUT2D eigenvalue weighted by molar-refractivity contribution is 6.23. The third kappa shape index (κ3) is 15.6. The quantitative estimate of drug-likeness (QED) is 0.0813. The molecular formula is C135H95N15. The molecule has 20 aromatic carbocycles. The first-order chi connectivity index (χ1) is 74.3. The first-order valence-corrected chi connectivity index (χ1v) is 51.2. The molecule has 0 aliphatic carbocycles. The van der Waals surface area contributed by atoms with Gasteiger partial charge in [-0.3, -0.25) is 27.4 Å². The number of para-hydroxylation sites is 12. The maximum atomic E-state index is 5.43. The third-order valence-electron chi connectivity index (χ3n) is 29.1. The molecule has 9 aromatic heterocycles. The first kappa shape index (κ1) is 89.1. The average molecular weight is 1930 g/mol. The molecule has 0 spiro atoms. The molecule has 0 N–H and O–H groups in total. The Morgan fingerprint density at radius 1 is 0.153 bits per heavy atom. The molecule has 9 heterocycles. The van der Waals surface area contributed by atoms with Crippen LogP contribution in [0.5, 0.6) is 0 Å². The summed E-state index contributed by atoms with van der Waals surface area (Å²) in [5, 5.41) is 9.94. The fourth-order valence-electron chi connectivity index (χ4n) is 22.1. The minimum atomic E-state index is 0.846. The van der Waals surface area contributed by atoms with E-state index in [1.54, 1.807) is 0 Å². The molecule has 29 aromatic rings. The van der Waals surface area contributed by atoms with Gasteiger partial charge in [0.15, 0.2) is 0 Å². The van der Waals surface area contributed by atoms with Crippen LogP contribution >= 0.6 is 0 Å². The van der Waals surface area contributed by atoms with Gasteiger partial charge in [0.25, 0.3) is 0 Å². The highest BCUT2D eigenvalue weighted by Gasteiger charge is 2.28. The summed E-state index contributed by atoms with van der Waals surface area (Å²) in [6.07, 6.45) is 2.56. The largest absolute Gasteiger partial charge is 0.296 e. The van der Waals surface area contributed by atoms with Crippen LogP contribution in [0.3, 0.4) is 0 Å². The molecule has 710 valence electrons. The second kappa shape index (κ2) is 37.8. The van der Waals surface area contributed by atoms with E-state index in [4.69, 9.17) is 44.9 Å². The van der Waals surface area contributed by atoms with E-state index < -0.39 is 0 Å². The zero-order valence-electron chi connectivity index (χ0n) is 82.5. The number of benzene rings is 20. The van der Waals surface area contributed by atoms with Crippen LogP contribution in [0.1, 0.15) is 38.2 Å². The minimum Gasteiger partial charge on any atom is -0.296 e. The van der Waals surface area contributed by atoms with Crippen LogP contribution in [0.4, 0.5) is 0 Å². The summed E-state index contributed by atoms with van der Waals surface area (Å²) in [6, 6.07) is 170. The van der Waals surface area contributed by atoms with Crippen molar-refractivity contribution >= 4 is 131 Å². The number of nitrogens with zero attached hydrogens (tertiary/aromatic N) is 15. The molecule has 150 heavy (non-hydrogen) atoms. The summed E-state index contributed by atoms with van der Waals surface area (Å²) in [6.45, 7) is 6.47. The third-order valence-corrected chi connectivity index (χ3v) is 29.1. The van der Waals surface area contributed by atoms with Gasteiger partial charge in [-0.15, -0.1) is 0 Å². The van der Waals surface area contributed by atoms with Crippen LogP contribution < -0.4 is 0 Å². The van der Waals surface area contributed by atoms with Gasteiger partial charge < -0.3 is 0 Å². The van der Waals surface area contributed by atoms with E-state index in [0.29, 0.717) is 0 Å². The molecule has 0 atom stereocenters. The molecule has 0 fully saturated rings. The number of aromatic nitrogens is 15. The zero-order valence-corrected chi connectivity index (χ0v) is 82.5. The lowest BCUT2D eigenvalue weighted by atomic mass is 9.97. The van der Waals surface area contributed by atoms with Crippen molar-refractivity contribution in [2.24, 2.45) is 0 Å². The van der Waals surface area contributed by atoms with Gasteiger partial charge in [-0.2, -0.15) is 0 Å². The Balaban J connectivity index is 0.000000111. The Bertz CT molecular complexity index is 10200. The number of fused-ring (bicyclic) bond motifs is 18. The zero-order chi connectivity index (χ0) is 99.8. The SMILES string of the molecule is CCc1nc2ccccc2n1-c1ccc(-c2ccc(-c3nc4ccccc4c4ccc5c(nc(-c6ccccc6)n5-c5ccccc5)c34)cc2)cc1.CCc1nc2ccccc2n1-c1ccc(-c2nc3ccccc3c3ccc4c(nc(-c5ccccc5)n4-c4ccccc4)c23)cc1.CCc1nc2ccccc2n1-c1cccc(-c2ccc(-c3nc4ccccc4c4ccc5c(nc(-c6ccccc6)n5-c5ccccc5)c34)cc2)c1. The molecule has 0 saturated heterocycles. The Kier molecular flexibility index (Phi) is 22.4. The van der Waals surface area contributed by atoms with Gasteiger partial charge in [0.05, 0.1) is 99.8 Å². The topological polar surface area (TPSA) is 146 Å². The second-order valence-corrected chi connectivity index (χ2v) is 37.8. The van der Waals surface area contributed by atoms with E-state index in [-0.39, 0.29) is 0 Å². The smallest absolute Gasteiger partial charge is 0.145 e. The number of aryl methyl sites for hydroxylation is 3. The van der Waals surface area contributed by atoms with Crippen LogP contribution in [-0.4, -0.2) is 72.3 Å². The number of hydrogen-bond donors (Lipinski definition) is 0. The first-order valence-electron chi connectivity index (χ1n) is 51.2. The van der Waals surface area contributed by atoms with E-state index in [1.165, 1.54) is 0 Å². The Morgan fingerprint density at radius 3 is 0.713 bits per heavy atom.